The first-order valence-corrected chi connectivity index (χ1v) is 6.78. The summed E-state index contributed by atoms with van der Waals surface area (Å²) >= 11 is 0. The number of carbonyl (C=O) groups is 2. The van der Waals surface area contributed by atoms with Gasteiger partial charge in [-0.3, -0.25) is 14.6 Å². The molecule has 0 atom stereocenters. The zero-order chi connectivity index (χ0) is 14.7. The fraction of sp³-hybridized carbons (Fsp3) is 0.571. The smallest absolute Gasteiger partial charge is 0.244 e. The van der Waals surface area contributed by atoms with E-state index in [1.165, 1.54) is 0 Å². The van der Waals surface area contributed by atoms with Crippen LogP contribution in [0.25, 0.3) is 0 Å². The molecule has 0 unspecified atom stereocenters. The number of nitrogens with zero attached hydrogens (tertiary/aromatic N) is 3. The SMILES string of the molecule is CCc1nc2c(o1)C(=O)C(=NCCCN(C)C)CC2=O. The number of oxazole rings is 1. The van der Waals surface area contributed by atoms with Gasteiger partial charge in [0, 0.05) is 13.0 Å². The molecule has 6 heteroatoms. The summed E-state index contributed by atoms with van der Waals surface area (Å²) in [6.45, 7) is 3.30. The second-order valence-corrected chi connectivity index (χ2v) is 5.05. The van der Waals surface area contributed by atoms with E-state index in [1.54, 1.807) is 0 Å². The number of aryl methyl sites for hydroxylation is 1. The second kappa shape index (κ2) is 6.09. The van der Waals surface area contributed by atoms with Gasteiger partial charge >= 0.3 is 0 Å². The van der Waals surface area contributed by atoms with Crippen LogP contribution in [0.1, 0.15) is 46.7 Å². The number of fused-ring (bicyclic) bond motifs is 1. The molecule has 0 fully saturated rings. The predicted octanol–water partition coefficient (Wildman–Crippen LogP) is 1.40. The van der Waals surface area contributed by atoms with Crippen LogP contribution < -0.4 is 0 Å². The van der Waals surface area contributed by atoms with Gasteiger partial charge in [0.1, 0.15) is 0 Å². The molecule has 1 aromatic rings. The van der Waals surface area contributed by atoms with E-state index in [0.29, 0.717) is 24.6 Å². The van der Waals surface area contributed by atoms with Gasteiger partial charge in [-0.05, 0) is 27.1 Å². The molecule has 0 aromatic carbocycles. The standard InChI is InChI=1S/C14H19N3O3/c1-4-11-16-12-10(18)8-9(13(19)14(12)20-11)15-6-5-7-17(2)3/h4-8H2,1-3H3. The highest BCUT2D eigenvalue weighted by Gasteiger charge is 2.34. The molecule has 0 N–H and O–H groups in total. The fourth-order valence-electron chi connectivity index (χ4n) is 2.03. The van der Waals surface area contributed by atoms with Crippen LogP contribution in [-0.2, 0) is 6.42 Å². The molecule has 0 saturated carbocycles. The molecule has 1 heterocycles. The summed E-state index contributed by atoms with van der Waals surface area (Å²) in [5.74, 6) is 0.00100. The summed E-state index contributed by atoms with van der Waals surface area (Å²) in [6.07, 6.45) is 1.44. The van der Waals surface area contributed by atoms with Gasteiger partial charge in [0.25, 0.3) is 0 Å². The Hall–Kier alpha value is -1.82. The number of hydrogen-bond donors (Lipinski definition) is 0. The molecular weight excluding hydrogens is 258 g/mol. The zero-order valence-electron chi connectivity index (χ0n) is 12.1. The van der Waals surface area contributed by atoms with Crippen LogP contribution in [0.4, 0.5) is 0 Å². The third kappa shape index (κ3) is 3.01. The number of aromatic nitrogens is 1. The Kier molecular flexibility index (Phi) is 4.44. The van der Waals surface area contributed by atoms with Crippen molar-refractivity contribution in [3.8, 4) is 0 Å². The molecule has 0 radical (unpaired) electrons. The molecular formula is C14H19N3O3. The minimum atomic E-state index is -0.295. The molecule has 20 heavy (non-hydrogen) atoms. The summed E-state index contributed by atoms with van der Waals surface area (Å²) in [6, 6.07) is 0. The summed E-state index contributed by atoms with van der Waals surface area (Å²) in [7, 11) is 3.96. The fourth-order valence-corrected chi connectivity index (χ4v) is 2.03. The number of Topliss-reactive ketones (excluding diaryl/α,β-unsaturated/α-hetero) is 2. The number of aliphatic imine (C=N–C) groups is 1. The van der Waals surface area contributed by atoms with Gasteiger partial charge in [-0.25, -0.2) is 4.98 Å². The Balaban J connectivity index is 2.13. The molecule has 0 bridgehead atoms. The summed E-state index contributed by atoms with van der Waals surface area (Å²) in [4.78, 5) is 34.5. The third-order valence-electron chi connectivity index (χ3n) is 3.10. The first-order chi connectivity index (χ1) is 9.52. The molecule has 1 aromatic heterocycles. The van der Waals surface area contributed by atoms with Crippen molar-refractivity contribution in [2.24, 2.45) is 4.99 Å². The zero-order valence-corrected chi connectivity index (χ0v) is 12.1. The van der Waals surface area contributed by atoms with Crippen molar-refractivity contribution in [1.82, 2.24) is 9.88 Å². The average Bonchev–Trinajstić information content (AvgIpc) is 2.85. The van der Waals surface area contributed by atoms with Crippen molar-refractivity contribution in [3.05, 3.63) is 17.3 Å². The van der Waals surface area contributed by atoms with E-state index >= 15 is 0 Å². The molecule has 1 aliphatic rings. The number of ketones is 2. The van der Waals surface area contributed by atoms with E-state index in [2.05, 4.69) is 14.9 Å². The Bertz CT molecular complexity index is 558. The highest BCUT2D eigenvalue weighted by atomic mass is 16.4. The van der Waals surface area contributed by atoms with E-state index in [9.17, 15) is 9.59 Å². The van der Waals surface area contributed by atoms with Crippen molar-refractivity contribution < 1.29 is 14.0 Å². The van der Waals surface area contributed by atoms with Gasteiger partial charge < -0.3 is 9.32 Å². The Morgan fingerprint density at radius 3 is 2.75 bits per heavy atom. The summed E-state index contributed by atoms with van der Waals surface area (Å²) < 4.78 is 5.34. The van der Waals surface area contributed by atoms with Crippen LogP contribution in [0.5, 0.6) is 0 Å². The second-order valence-electron chi connectivity index (χ2n) is 5.05. The maximum atomic E-state index is 12.2. The van der Waals surface area contributed by atoms with Crippen molar-refractivity contribution >= 4 is 17.3 Å². The van der Waals surface area contributed by atoms with Crippen LogP contribution in [0.15, 0.2) is 9.41 Å². The molecule has 2 rings (SSSR count). The molecule has 6 nitrogen and oxygen atoms in total. The van der Waals surface area contributed by atoms with Crippen LogP contribution in [0, 0.1) is 0 Å². The van der Waals surface area contributed by atoms with E-state index in [4.69, 9.17) is 4.42 Å². The lowest BCUT2D eigenvalue weighted by Crippen LogP contribution is -2.27. The van der Waals surface area contributed by atoms with Crippen molar-refractivity contribution in [3.63, 3.8) is 0 Å². The van der Waals surface area contributed by atoms with E-state index in [1.807, 2.05) is 21.0 Å². The summed E-state index contributed by atoms with van der Waals surface area (Å²) in [5.41, 5.74) is 0.458. The predicted molar refractivity (Wildman–Crippen MR) is 74.6 cm³/mol. The largest absolute Gasteiger partial charge is 0.436 e. The van der Waals surface area contributed by atoms with Crippen LogP contribution in [0.3, 0.4) is 0 Å². The monoisotopic (exact) mass is 277 g/mol. The van der Waals surface area contributed by atoms with Crippen molar-refractivity contribution in [2.75, 3.05) is 27.2 Å². The first kappa shape index (κ1) is 14.6. The summed E-state index contributed by atoms with van der Waals surface area (Å²) in [5, 5.41) is 0. The van der Waals surface area contributed by atoms with E-state index in [0.717, 1.165) is 13.0 Å². The maximum Gasteiger partial charge on any atom is 0.244 e. The van der Waals surface area contributed by atoms with Gasteiger partial charge in [-0.2, -0.15) is 0 Å². The lowest BCUT2D eigenvalue weighted by atomic mass is 9.97. The first-order valence-electron chi connectivity index (χ1n) is 6.78. The molecule has 0 saturated heterocycles. The highest BCUT2D eigenvalue weighted by molar-refractivity contribution is 6.51. The van der Waals surface area contributed by atoms with Gasteiger partial charge in [0.15, 0.2) is 17.4 Å². The topological polar surface area (TPSA) is 75.8 Å². The Morgan fingerprint density at radius 2 is 2.10 bits per heavy atom. The van der Waals surface area contributed by atoms with Crippen molar-refractivity contribution in [1.29, 1.82) is 0 Å². The molecule has 0 spiro atoms. The number of rotatable bonds is 5. The normalized spacial score (nSPS) is 17.1. The molecule has 0 amide bonds. The minimum Gasteiger partial charge on any atom is -0.436 e. The van der Waals surface area contributed by atoms with E-state index in [-0.39, 0.29) is 29.4 Å². The Labute approximate surface area is 117 Å². The van der Waals surface area contributed by atoms with E-state index < -0.39 is 0 Å². The van der Waals surface area contributed by atoms with Gasteiger partial charge in [0.2, 0.25) is 11.5 Å². The number of hydrogen-bond acceptors (Lipinski definition) is 6. The van der Waals surface area contributed by atoms with Crippen LogP contribution in [-0.4, -0.2) is 54.3 Å². The molecule has 0 aliphatic heterocycles. The minimum absolute atomic E-state index is 0.0312. The van der Waals surface area contributed by atoms with Gasteiger partial charge in [0.05, 0.1) is 12.1 Å². The number of carbonyl (C=O) groups excluding carboxylic acids is 2. The van der Waals surface area contributed by atoms with Crippen LogP contribution in [0.2, 0.25) is 0 Å². The quantitative estimate of drug-likeness (QED) is 0.760. The highest BCUT2D eigenvalue weighted by Crippen LogP contribution is 2.21. The molecule has 108 valence electrons. The maximum absolute atomic E-state index is 12.2. The van der Waals surface area contributed by atoms with Gasteiger partial charge in [-0.15, -0.1) is 0 Å². The Morgan fingerprint density at radius 1 is 1.35 bits per heavy atom. The lowest BCUT2D eigenvalue weighted by molar-refractivity contribution is 0.0949. The average molecular weight is 277 g/mol. The van der Waals surface area contributed by atoms with Crippen LogP contribution >= 0.6 is 0 Å². The van der Waals surface area contributed by atoms with Gasteiger partial charge in [-0.1, -0.05) is 6.92 Å². The lowest BCUT2D eigenvalue weighted by Gasteiger charge is -2.10. The molecule has 1 aliphatic carbocycles. The third-order valence-corrected chi connectivity index (χ3v) is 3.10. The van der Waals surface area contributed by atoms with Crippen molar-refractivity contribution in [2.45, 2.75) is 26.2 Å².